The molecular weight excluding hydrogens is 256 g/mol. The fourth-order valence-electron chi connectivity index (χ4n) is 1.89. The normalized spacial score (nSPS) is 15.7. The van der Waals surface area contributed by atoms with Crippen LogP contribution in [0.15, 0.2) is 5.38 Å². The molecule has 0 bridgehead atoms. The Morgan fingerprint density at radius 2 is 2.35 bits per heavy atom. The number of halogens is 1. The van der Waals surface area contributed by atoms with Crippen LogP contribution in [0, 0.1) is 6.92 Å². The number of aryl methyl sites for hydroxylation is 1. The number of carbonyl (C=O) groups excluding carboxylic acids is 1. The molecule has 17 heavy (non-hydrogen) atoms. The van der Waals surface area contributed by atoms with Crippen molar-refractivity contribution in [1.82, 2.24) is 10.2 Å². The van der Waals surface area contributed by atoms with Gasteiger partial charge in [-0.2, -0.15) is 0 Å². The van der Waals surface area contributed by atoms with E-state index in [1.165, 1.54) is 11.3 Å². The molecule has 1 amide bonds. The predicted molar refractivity (Wildman–Crippen MR) is 72.1 cm³/mol. The summed E-state index contributed by atoms with van der Waals surface area (Å²) in [4.78, 5) is 15.1. The third kappa shape index (κ3) is 2.49. The first kappa shape index (κ1) is 12.9. The Morgan fingerprint density at radius 3 is 2.76 bits per heavy atom. The fourth-order valence-corrected chi connectivity index (χ4v) is 3.12. The summed E-state index contributed by atoms with van der Waals surface area (Å²) in [6.07, 6.45) is 0.976. The number of rotatable bonds is 4. The molecule has 94 valence electrons. The lowest BCUT2D eigenvalue weighted by atomic mass is 10.1. The first-order chi connectivity index (χ1) is 8.15. The van der Waals surface area contributed by atoms with E-state index >= 15 is 0 Å². The zero-order valence-electron chi connectivity index (χ0n) is 10.1. The van der Waals surface area contributed by atoms with Crippen molar-refractivity contribution >= 4 is 28.8 Å². The highest BCUT2D eigenvalue weighted by Gasteiger charge is 2.30. The smallest absolute Gasteiger partial charge is 0.265 e. The second-order valence-corrected chi connectivity index (χ2v) is 5.63. The number of hydrogen-bond acceptors (Lipinski definition) is 3. The van der Waals surface area contributed by atoms with Crippen LogP contribution in [-0.4, -0.2) is 36.5 Å². The molecule has 0 radical (unpaired) electrons. The van der Waals surface area contributed by atoms with E-state index in [1.54, 1.807) is 0 Å². The molecule has 0 aliphatic carbocycles. The molecule has 5 heteroatoms. The number of hydrogen-bond donors (Lipinski definition) is 1. The van der Waals surface area contributed by atoms with Crippen molar-refractivity contribution in [1.29, 1.82) is 0 Å². The fraction of sp³-hybridized carbons (Fsp3) is 0.583. The zero-order chi connectivity index (χ0) is 12.4. The largest absolute Gasteiger partial charge is 0.332 e. The van der Waals surface area contributed by atoms with Gasteiger partial charge in [-0.05, 0) is 24.3 Å². The molecule has 0 spiro atoms. The molecule has 0 saturated carbocycles. The molecule has 0 atom stereocenters. The molecule has 2 heterocycles. The highest BCUT2D eigenvalue weighted by Crippen LogP contribution is 2.29. The third-order valence-corrected chi connectivity index (χ3v) is 4.70. The lowest BCUT2D eigenvalue weighted by Crippen LogP contribution is -2.59. The van der Waals surface area contributed by atoms with Crippen molar-refractivity contribution < 1.29 is 4.79 Å². The molecule has 1 aromatic heterocycles. The number of amides is 1. The Hall–Kier alpha value is -0.580. The minimum atomic E-state index is 0.0847. The van der Waals surface area contributed by atoms with Gasteiger partial charge in [0.2, 0.25) is 0 Å². The number of carbonyl (C=O) groups is 1. The van der Waals surface area contributed by atoms with E-state index in [9.17, 15) is 4.79 Å². The van der Waals surface area contributed by atoms with Crippen LogP contribution in [0.3, 0.4) is 0 Å². The average molecular weight is 273 g/mol. The van der Waals surface area contributed by atoms with E-state index in [-0.39, 0.29) is 5.91 Å². The van der Waals surface area contributed by atoms with E-state index in [1.807, 2.05) is 17.2 Å². The minimum absolute atomic E-state index is 0.0847. The molecule has 2 rings (SSSR count). The van der Waals surface area contributed by atoms with Gasteiger partial charge in [0.05, 0.1) is 11.1 Å². The molecular formula is C12H17ClN2OS. The van der Waals surface area contributed by atoms with Gasteiger partial charge in [0.25, 0.3) is 5.91 Å². The van der Waals surface area contributed by atoms with E-state index < -0.39 is 0 Å². The first-order valence-corrected chi connectivity index (χ1v) is 7.16. The molecule has 1 saturated heterocycles. The van der Waals surface area contributed by atoms with Crippen LogP contribution < -0.4 is 5.32 Å². The number of thiophene rings is 1. The van der Waals surface area contributed by atoms with Gasteiger partial charge in [-0.3, -0.25) is 4.79 Å². The number of nitrogens with one attached hydrogen (secondary N) is 1. The van der Waals surface area contributed by atoms with Crippen LogP contribution >= 0.6 is 22.9 Å². The van der Waals surface area contributed by atoms with Gasteiger partial charge in [-0.1, -0.05) is 18.5 Å². The Kier molecular flexibility index (Phi) is 4.07. The van der Waals surface area contributed by atoms with Crippen LogP contribution in [0.25, 0.3) is 0 Å². The van der Waals surface area contributed by atoms with Crippen LogP contribution in [-0.2, 0) is 0 Å². The maximum absolute atomic E-state index is 12.4. The second kappa shape index (κ2) is 5.38. The predicted octanol–water partition coefficient (Wildman–Crippen LogP) is 2.53. The van der Waals surface area contributed by atoms with Gasteiger partial charge in [0.1, 0.15) is 4.88 Å². The summed E-state index contributed by atoms with van der Waals surface area (Å²) in [5.74, 6) is 0.0847. The van der Waals surface area contributed by atoms with Gasteiger partial charge >= 0.3 is 0 Å². The summed E-state index contributed by atoms with van der Waals surface area (Å²) in [6, 6.07) is 0.334. The molecule has 3 nitrogen and oxygen atoms in total. The summed E-state index contributed by atoms with van der Waals surface area (Å²) >= 11 is 7.61. The summed E-state index contributed by atoms with van der Waals surface area (Å²) in [6.45, 7) is 6.62. The van der Waals surface area contributed by atoms with Gasteiger partial charge in [-0.25, -0.2) is 0 Å². The van der Waals surface area contributed by atoms with Gasteiger partial charge in [0, 0.05) is 19.6 Å². The first-order valence-electron chi connectivity index (χ1n) is 5.90. The Morgan fingerprint density at radius 1 is 1.65 bits per heavy atom. The molecule has 0 unspecified atom stereocenters. The quantitative estimate of drug-likeness (QED) is 0.914. The highest BCUT2D eigenvalue weighted by molar-refractivity contribution is 7.13. The Bertz CT molecular complexity index is 415. The van der Waals surface area contributed by atoms with Crippen LogP contribution in [0.4, 0.5) is 0 Å². The summed E-state index contributed by atoms with van der Waals surface area (Å²) in [5, 5.41) is 5.76. The average Bonchev–Trinajstić information content (AvgIpc) is 2.56. The molecule has 1 fully saturated rings. The lowest BCUT2D eigenvalue weighted by molar-refractivity contribution is 0.0621. The van der Waals surface area contributed by atoms with E-state index in [4.69, 9.17) is 11.6 Å². The summed E-state index contributed by atoms with van der Waals surface area (Å²) in [5.41, 5.74) is 0.989. The van der Waals surface area contributed by atoms with Gasteiger partial charge in [-0.15, -0.1) is 11.3 Å². The van der Waals surface area contributed by atoms with Crippen LogP contribution in [0.1, 0.15) is 28.6 Å². The topological polar surface area (TPSA) is 32.3 Å². The third-order valence-electron chi connectivity index (χ3n) is 3.02. The SMILES string of the molecule is CCCN(C(=O)c1scc(C)c1Cl)C1CNC1. The van der Waals surface area contributed by atoms with Crippen molar-refractivity contribution in [2.45, 2.75) is 26.3 Å². The van der Waals surface area contributed by atoms with Crippen molar-refractivity contribution in [3.8, 4) is 0 Å². The van der Waals surface area contributed by atoms with Gasteiger partial charge in [0.15, 0.2) is 0 Å². The van der Waals surface area contributed by atoms with E-state index in [2.05, 4.69) is 12.2 Å². The van der Waals surface area contributed by atoms with E-state index in [0.717, 1.165) is 31.6 Å². The van der Waals surface area contributed by atoms with Gasteiger partial charge < -0.3 is 10.2 Å². The van der Waals surface area contributed by atoms with Crippen molar-refractivity contribution in [2.24, 2.45) is 0 Å². The lowest BCUT2D eigenvalue weighted by Gasteiger charge is -2.38. The minimum Gasteiger partial charge on any atom is -0.332 e. The molecule has 1 aliphatic rings. The maximum atomic E-state index is 12.4. The zero-order valence-corrected chi connectivity index (χ0v) is 11.7. The van der Waals surface area contributed by atoms with Crippen molar-refractivity contribution in [2.75, 3.05) is 19.6 Å². The standard InChI is InChI=1S/C12H17ClN2OS/c1-3-4-15(9-5-14-6-9)12(16)11-10(13)8(2)7-17-11/h7,9,14H,3-6H2,1-2H3. The number of nitrogens with zero attached hydrogens (tertiary/aromatic N) is 1. The molecule has 1 aliphatic heterocycles. The highest BCUT2D eigenvalue weighted by atomic mass is 35.5. The van der Waals surface area contributed by atoms with Crippen LogP contribution in [0.5, 0.6) is 0 Å². The van der Waals surface area contributed by atoms with Crippen molar-refractivity contribution in [3.63, 3.8) is 0 Å². The molecule has 0 aromatic carbocycles. The molecule has 1 N–H and O–H groups in total. The molecule has 1 aromatic rings. The maximum Gasteiger partial charge on any atom is 0.265 e. The van der Waals surface area contributed by atoms with Crippen molar-refractivity contribution in [3.05, 3.63) is 20.8 Å². The monoisotopic (exact) mass is 272 g/mol. The summed E-state index contributed by atoms with van der Waals surface area (Å²) < 4.78 is 0. The Balaban J connectivity index is 2.18. The van der Waals surface area contributed by atoms with E-state index in [0.29, 0.717) is 15.9 Å². The second-order valence-electron chi connectivity index (χ2n) is 4.37. The summed E-state index contributed by atoms with van der Waals surface area (Å²) in [7, 11) is 0. The Labute approximate surface area is 111 Å². The van der Waals surface area contributed by atoms with Crippen LogP contribution in [0.2, 0.25) is 5.02 Å².